The number of rotatable bonds is 8. The van der Waals surface area contributed by atoms with E-state index in [0.29, 0.717) is 31.0 Å². The number of nitrogens with one attached hydrogen (secondary N) is 1. The van der Waals surface area contributed by atoms with E-state index in [2.05, 4.69) is 5.32 Å². The molecular weight excluding hydrogens is 358 g/mol. The number of nitrogens with zero attached hydrogens (tertiary/aromatic N) is 2. The third kappa shape index (κ3) is 3.88. The molecular formula is C21H25N3O4. The van der Waals surface area contributed by atoms with Gasteiger partial charge < -0.3 is 14.8 Å². The highest BCUT2D eigenvalue weighted by atomic mass is 16.5. The molecule has 0 saturated carbocycles. The second kappa shape index (κ2) is 8.65. The molecule has 0 aliphatic carbocycles. The van der Waals surface area contributed by atoms with Gasteiger partial charge >= 0.3 is 5.69 Å². The van der Waals surface area contributed by atoms with Gasteiger partial charge in [0.1, 0.15) is 6.54 Å². The number of benzene rings is 2. The fourth-order valence-corrected chi connectivity index (χ4v) is 3.31. The average molecular weight is 383 g/mol. The van der Waals surface area contributed by atoms with Gasteiger partial charge in [-0.15, -0.1) is 0 Å². The predicted octanol–water partition coefficient (Wildman–Crippen LogP) is 2.20. The van der Waals surface area contributed by atoms with Gasteiger partial charge in [0.15, 0.2) is 11.5 Å². The van der Waals surface area contributed by atoms with Gasteiger partial charge in [-0.1, -0.05) is 18.2 Å². The number of aryl methyl sites for hydroxylation is 1. The van der Waals surface area contributed by atoms with Gasteiger partial charge in [-0.2, -0.15) is 0 Å². The van der Waals surface area contributed by atoms with E-state index < -0.39 is 0 Å². The van der Waals surface area contributed by atoms with E-state index in [1.165, 1.54) is 4.57 Å². The lowest BCUT2D eigenvalue weighted by atomic mass is 10.1. The minimum atomic E-state index is -0.193. The van der Waals surface area contributed by atoms with Crippen LogP contribution in [0.5, 0.6) is 11.5 Å². The van der Waals surface area contributed by atoms with E-state index in [4.69, 9.17) is 9.47 Å². The quantitative estimate of drug-likeness (QED) is 0.647. The number of hydrogen-bond donors (Lipinski definition) is 1. The Morgan fingerprint density at radius 1 is 1.00 bits per heavy atom. The molecule has 0 radical (unpaired) electrons. The highest BCUT2D eigenvalue weighted by Gasteiger charge is 2.14. The molecule has 7 nitrogen and oxygen atoms in total. The van der Waals surface area contributed by atoms with Crippen LogP contribution in [0.3, 0.4) is 0 Å². The van der Waals surface area contributed by atoms with Crippen molar-refractivity contribution < 1.29 is 14.3 Å². The molecule has 0 spiro atoms. The predicted molar refractivity (Wildman–Crippen MR) is 108 cm³/mol. The molecule has 148 valence electrons. The Hall–Kier alpha value is -3.22. The highest BCUT2D eigenvalue weighted by molar-refractivity contribution is 5.80. The van der Waals surface area contributed by atoms with Crippen molar-refractivity contribution in [2.45, 2.75) is 26.4 Å². The maximum atomic E-state index is 12.6. The molecule has 28 heavy (non-hydrogen) atoms. The van der Waals surface area contributed by atoms with Crippen molar-refractivity contribution in [2.75, 3.05) is 20.8 Å². The number of para-hydroxylation sites is 2. The fourth-order valence-electron chi connectivity index (χ4n) is 3.31. The molecule has 3 rings (SSSR count). The minimum absolute atomic E-state index is 0.00171. The average Bonchev–Trinajstić information content (AvgIpc) is 2.98. The second-order valence-electron chi connectivity index (χ2n) is 6.39. The van der Waals surface area contributed by atoms with Gasteiger partial charge in [0, 0.05) is 13.1 Å². The summed E-state index contributed by atoms with van der Waals surface area (Å²) in [7, 11) is 3.18. The maximum absolute atomic E-state index is 12.6. The van der Waals surface area contributed by atoms with Crippen LogP contribution in [0, 0.1) is 0 Å². The number of imidazole rings is 1. The smallest absolute Gasteiger partial charge is 0.329 e. The minimum Gasteiger partial charge on any atom is -0.493 e. The molecule has 0 aliphatic heterocycles. The van der Waals surface area contributed by atoms with Crippen LogP contribution in [-0.4, -0.2) is 35.8 Å². The van der Waals surface area contributed by atoms with E-state index in [1.54, 1.807) is 18.8 Å². The summed E-state index contributed by atoms with van der Waals surface area (Å²) < 4.78 is 13.7. The van der Waals surface area contributed by atoms with Crippen LogP contribution >= 0.6 is 0 Å². The van der Waals surface area contributed by atoms with Crippen LogP contribution in [0.15, 0.2) is 47.3 Å². The van der Waals surface area contributed by atoms with Crippen LogP contribution < -0.4 is 20.5 Å². The molecule has 7 heteroatoms. The van der Waals surface area contributed by atoms with Crippen LogP contribution in [0.25, 0.3) is 11.0 Å². The summed E-state index contributed by atoms with van der Waals surface area (Å²) in [5, 5.41) is 2.88. The van der Waals surface area contributed by atoms with Crippen LogP contribution in [-0.2, 0) is 24.3 Å². The largest absolute Gasteiger partial charge is 0.493 e. The first-order valence-corrected chi connectivity index (χ1v) is 9.24. The highest BCUT2D eigenvalue weighted by Crippen LogP contribution is 2.27. The molecule has 0 bridgehead atoms. The molecule has 1 amide bonds. The fraction of sp³-hybridized carbons (Fsp3) is 0.333. The first-order valence-electron chi connectivity index (χ1n) is 9.24. The Labute approximate surface area is 163 Å². The molecule has 0 aliphatic rings. The molecule has 0 saturated heterocycles. The molecule has 2 aromatic carbocycles. The van der Waals surface area contributed by atoms with E-state index >= 15 is 0 Å². The summed E-state index contributed by atoms with van der Waals surface area (Å²) in [6.07, 6.45) is 0.651. The van der Waals surface area contributed by atoms with Gasteiger partial charge in [0.25, 0.3) is 0 Å². The summed E-state index contributed by atoms with van der Waals surface area (Å²) >= 11 is 0. The second-order valence-corrected chi connectivity index (χ2v) is 6.39. The van der Waals surface area contributed by atoms with E-state index in [-0.39, 0.29) is 18.1 Å². The van der Waals surface area contributed by atoms with E-state index in [9.17, 15) is 9.59 Å². The van der Waals surface area contributed by atoms with Crippen molar-refractivity contribution in [3.63, 3.8) is 0 Å². The summed E-state index contributed by atoms with van der Waals surface area (Å²) in [6.45, 7) is 2.95. The monoisotopic (exact) mass is 383 g/mol. The number of fused-ring (bicyclic) bond motifs is 1. The SMILES string of the molecule is CCn1c(=O)n(CC(=O)NCCc2ccc(OC)c(OC)c2)c2ccccc21. The third-order valence-electron chi connectivity index (χ3n) is 4.73. The zero-order valence-electron chi connectivity index (χ0n) is 16.4. The van der Waals surface area contributed by atoms with Crippen molar-refractivity contribution in [1.29, 1.82) is 0 Å². The van der Waals surface area contributed by atoms with Gasteiger partial charge in [-0.3, -0.25) is 13.9 Å². The third-order valence-corrected chi connectivity index (χ3v) is 4.73. The first-order chi connectivity index (χ1) is 13.6. The van der Waals surface area contributed by atoms with Crippen LogP contribution in [0.4, 0.5) is 0 Å². The number of carbonyl (C=O) groups is 1. The molecule has 1 aromatic heterocycles. The number of aromatic nitrogens is 2. The van der Waals surface area contributed by atoms with Crippen LogP contribution in [0.2, 0.25) is 0 Å². The lowest BCUT2D eigenvalue weighted by Crippen LogP contribution is -2.34. The zero-order chi connectivity index (χ0) is 20.1. The van der Waals surface area contributed by atoms with Crippen molar-refractivity contribution in [3.8, 4) is 11.5 Å². The molecule has 0 atom stereocenters. The summed E-state index contributed by atoms with van der Waals surface area (Å²) in [4.78, 5) is 25.0. The van der Waals surface area contributed by atoms with Crippen molar-refractivity contribution in [1.82, 2.24) is 14.5 Å². The maximum Gasteiger partial charge on any atom is 0.329 e. The Kier molecular flexibility index (Phi) is 6.03. The van der Waals surface area contributed by atoms with Gasteiger partial charge in [-0.25, -0.2) is 4.79 Å². The number of ether oxygens (including phenoxy) is 2. The van der Waals surface area contributed by atoms with Crippen LogP contribution in [0.1, 0.15) is 12.5 Å². The van der Waals surface area contributed by atoms with E-state index in [1.807, 2.05) is 49.4 Å². The Bertz CT molecular complexity index is 1040. The zero-order valence-corrected chi connectivity index (χ0v) is 16.4. The Morgan fingerprint density at radius 3 is 2.32 bits per heavy atom. The standard InChI is InChI=1S/C21H25N3O4/c1-4-23-16-7-5-6-8-17(16)24(21(23)26)14-20(25)22-12-11-15-9-10-18(27-2)19(13-15)28-3/h5-10,13H,4,11-12,14H2,1-3H3,(H,22,25). The molecule has 1 N–H and O–H groups in total. The van der Waals surface area contributed by atoms with E-state index in [0.717, 1.165) is 16.6 Å². The number of carbonyl (C=O) groups excluding carboxylic acids is 1. The number of amides is 1. The van der Waals surface area contributed by atoms with Gasteiger partial charge in [0.2, 0.25) is 5.91 Å². The molecule has 0 fully saturated rings. The Morgan fingerprint density at radius 2 is 1.68 bits per heavy atom. The van der Waals surface area contributed by atoms with Crippen molar-refractivity contribution >= 4 is 16.9 Å². The molecule has 3 aromatic rings. The van der Waals surface area contributed by atoms with Crippen molar-refractivity contribution in [3.05, 3.63) is 58.5 Å². The number of methoxy groups -OCH3 is 2. The van der Waals surface area contributed by atoms with Crippen molar-refractivity contribution in [2.24, 2.45) is 0 Å². The summed E-state index contributed by atoms with van der Waals surface area (Å²) in [6, 6.07) is 13.2. The lowest BCUT2D eigenvalue weighted by Gasteiger charge is -2.10. The first kappa shape index (κ1) is 19.5. The van der Waals surface area contributed by atoms with Gasteiger partial charge in [-0.05, 0) is 43.2 Å². The lowest BCUT2D eigenvalue weighted by molar-refractivity contribution is -0.121. The Balaban J connectivity index is 1.65. The van der Waals surface area contributed by atoms with Gasteiger partial charge in [0.05, 0.1) is 25.3 Å². The normalized spacial score (nSPS) is 10.8. The molecule has 1 heterocycles. The molecule has 0 unspecified atom stereocenters. The topological polar surface area (TPSA) is 74.5 Å². The summed E-state index contributed by atoms with van der Waals surface area (Å²) in [5.41, 5.74) is 2.47. The number of hydrogen-bond acceptors (Lipinski definition) is 4. The summed E-state index contributed by atoms with van der Waals surface area (Å²) in [5.74, 6) is 1.13.